The van der Waals surface area contributed by atoms with Crippen LogP contribution < -0.4 is 29.7 Å². The number of nitrogens with one attached hydrogen (secondary N) is 2. The van der Waals surface area contributed by atoms with Crippen LogP contribution >= 0.6 is 0 Å². The van der Waals surface area contributed by atoms with E-state index in [-0.39, 0.29) is 5.91 Å². The molecule has 0 spiro atoms. The molecule has 2 aromatic rings. The van der Waals surface area contributed by atoms with E-state index in [0.29, 0.717) is 41.6 Å². The summed E-state index contributed by atoms with van der Waals surface area (Å²) in [7, 11) is 4.52. The van der Waals surface area contributed by atoms with Crippen molar-refractivity contribution in [2.45, 2.75) is 12.8 Å². The number of amides is 3. The van der Waals surface area contributed by atoms with E-state index in [1.54, 1.807) is 35.2 Å². The largest absolute Gasteiger partial charge is 0.493 e. The third kappa shape index (κ3) is 4.11. The van der Waals surface area contributed by atoms with Crippen molar-refractivity contribution < 1.29 is 23.8 Å². The van der Waals surface area contributed by atoms with Gasteiger partial charge in [-0.2, -0.15) is 0 Å². The van der Waals surface area contributed by atoms with Crippen molar-refractivity contribution >= 4 is 29.0 Å². The van der Waals surface area contributed by atoms with E-state index in [1.807, 2.05) is 6.07 Å². The molecule has 3 rings (SSSR count). The Morgan fingerprint density at radius 1 is 0.964 bits per heavy atom. The molecule has 2 aromatic carbocycles. The maximum absolute atomic E-state index is 12.4. The number of carbonyl (C=O) groups excluding carboxylic acids is 2. The number of hydrogen-bond acceptors (Lipinski definition) is 5. The summed E-state index contributed by atoms with van der Waals surface area (Å²) in [6, 6.07) is 10.0. The standard InChI is InChI=1S/C20H23N3O5/c1-26-16-11-14(12-17(27-2)19(16)28-3)22-20(25)21-13-6-4-7-15(10-13)23-9-5-8-18(23)24/h4,6-7,10-12H,5,8-9H2,1-3H3,(H2,21,22,25). The zero-order chi connectivity index (χ0) is 20.1. The van der Waals surface area contributed by atoms with E-state index < -0.39 is 6.03 Å². The molecule has 1 saturated heterocycles. The third-order valence-electron chi connectivity index (χ3n) is 4.41. The minimum Gasteiger partial charge on any atom is -0.493 e. The van der Waals surface area contributed by atoms with Gasteiger partial charge in [-0.05, 0) is 24.6 Å². The number of methoxy groups -OCH3 is 3. The van der Waals surface area contributed by atoms with Crippen molar-refractivity contribution in [3.63, 3.8) is 0 Å². The molecular formula is C20H23N3O5. The molecule has 0 saturated carbocycles. The lowest BCUT2D eigenvalue weighted by Gasteiger charge is -2.17. The smallest absolute Gasteiger partial charge is 0.323 e. The highest BCUT2D eigenvalue weighted by molar-refractivity contribution is 6.01. The molecule has 0 radical (unpaired) electrons. The van der Waals surface area contributed by atoms with Crippen molar-refractivity contribution in [2.75, 3.05) is 43.4 Å². The van der Waals surface area contributed by atoms with Gasteiger partial charge in [-0.15, -0.1) is 0 Å². The van der Waals surface area contributed by atoms with Crippen LogP contribution in [0, 0.1) is 0 Å². The van der Waals surface area contributed by atoms with E-state index in [4.69, 9.17) is 14.2 Å². The van der Waals surface area contributed by atoms with Gasteiger partial charge in [0.1, 0.15) is 0 Å². The van der Waals surface area contributed by atoms with Crippen LogP contribution in [0.15, 0.2) is 36.4 Å². The zero-order valence-electron chi connectivity index (χ0n) is 16.1. The lowest BCUT2D eigenvalue weighted by molar-refractivity contribution is -0.117. The van der Waals surface area contributed by atoms with Crippen LogP contribution in [0.5, 0.6) is 17.2 Å². The summed E-state index contributed by atoms with van der Waals surface area (Å²) in [5.74, 6) is 1.41. The van der Waals surface area contributed by atoms with Gasteiger partial charge in [0.05, 0.1) is 27.0 Å². The van der Waals surface area contributed by atoms with Crippen LogP contribution in [0.1, 0.15) is 12.8 Å². The molecule has 2 N–H and O–H groups in total. The Balaban J connectivity index is 1.73. The van der Waals surface area contributed by atoms with E-state index in [2.05, 4.69) is 10.6 Å². The Bertz CT molecular complexity index is 859. The Kier molecular flexibility index (Phi) is 5.88. The first-order valence-corrected chi connectivity index (χ1v) is 8.84. The highest BCUT2D eigenvalue weighted by Crippen LogP contribution is 2.40. The Labute approximate surface area is 163 Å². The Morgan fingerprint density at radius 2 is 1.64 bits per heavy atom. The van der Waals surface area contributed by atoms with Gasteiger partial charge in [-0.25, -0.2) is 4.79 Å². The molecule has 1 aliphatic heterocycles. The quantitative estimate of drug-likeness (QED) is 0.795. The molecule has 3 amide bonds. The molecule has 0 aromatic heterocycles. The van der Waals surface area contributed by atoms with Gasteiger partial charge in [-0.3, -0.25) is 4.79 Å². The summed E-state index contributed by atoms with van der Waals surface area (Å²) in [6.45, 7) is 0.694. The number of rotatable bonds is 6. The summed E-state index contributed by atoms with van der Waals surface area (Å²) in [4.78, 5) is 26.1. The van der Waals surface area contributed by atoms with Gasteiger partial charge >= 0.3 is 6.03 Å². The number of anilines is 3. The summed E-state index contributed by atoms with van der Waals surface area (Å²) in [5.41, 5.74) is 1.84. The topological polar surface area (TPSA) is 89.1 Å². The van der Waals surface area contributed by atoms with Gasteiger partial charge in [-0.1, -0.05) is 6.07 Å². The predicted molar refractivity (Wildman–Crippen MR) is 107 cm³/mol. The average Bonchev–Trinajstić information content (AvgIpc) is 3.13. The number of hydrogen-bond donors (Lipinski definition) is 2. The molecule has 0 unspecified atom stereocenters. The van der Waals surface area contributed by atoms with E-state index in [1.165, 1.54) is 21.3 Å². The van der Waals surface area contributed by atoms with Crippen LogP contribution in [0.4, 0.5) is 21.9 Å². The number of nitrogens with zero attached hydrogens (tertiary/aromatic N) is 1. The SMILES string of the molecule is COc1cc(NC(=O)Nc2cccc(N3CCCC3=O)c2)cc(OC)c1OC. The molecule has 8 nitrogen and oxygen atoms in total. The molecule has 1 fully saturated rings. The maximum Gasteiger partial charge on any atom is 0.323 e. The zero-order valence-corrected chi connectivity index (χ0v) is 16.1. The highest BCUT2D eigenvalue weighted by Gasteiger charge is 2.22. The molecule has 1 aliphatic rings. The first kappa shape index (κ1) is 19.3. The van der Waals surface area contributed by atoms with Crippen LogP contribution in [0.2, 0.25) is 0 Å². The van der Waals surface area contributed by atoms with Crippen LogP contribution in [-0.4, -0.2) is 39.8 Å². The van der Waals surface area contributed by atoms with E-state index in [9.17, 15) is 9.59 Å². The maximum atomic E-state index is 12.4. The predicted octanol–water partition coefficient (Wildman–Crippen LogP) is 3.48. The first-order valence-electron chi connectivity index (χ1n) is 8.84. The lowest BCUT2D eigenvalue weighted by Crippen LogP contribution is -2.24. The van der Waals surface area contributed by atoms with E-state index in [0.717, 1.165) is 12.1 Å². The fourth-order valence-electron chi connectivity index (χ4n) is 3.12. The first-order chi connectivity index (χ1) is 13.5. The van der Waals surface area contributed by atoms with Gasteiger partial charge in [0.15, 0.2) is 11.5 Å². The van der Waals surface area contributed by atoms with Gasteiger partial charge < -0.3 is 29.7 Å². The van der Waals surface area contributed by atoms with Crippen LogP contribution in [-0.2, 0) is 4.79 Å². The molecule has 8 heteroatoms. The molecule has 0 bridgehead atoms. The van der Waals surface area contributed by atoms with Crippen LogP contribution in [0.25, 0.3) is 0 Å². The second-order valence-corrected chi connectivity index (χ2v) is 6.19. The second kappa shape index (κ2) is 8.51. The summed E-state index contributed by atoms with van der Waals surface area (Å²) < 4.78 is 15.8. The summed E-state index contributed by atoms with van der Waals surface area (Å²) in [6.07, 6.45) is 1.40. The molecular weight excluding hydrogens is 362 g/mol. The van der Waals surface area contributed by atoms with E-state index >= 15 is 0 Å². The fraction of sp³-hybridized carbons (Fsp3) is 0.300. The van der Waals surface area contributed by atoms with Gasteiger partial charge in [0, 0.05) is 36.5 Å². The van der Waals surface area contributed by atoms with Crippen molar-refractivity contribution in [3.8, 4) is 17.2 Å². The normalized spacial score (nSPS) is 13.2. The lowest BCUT2D eigenvalue weighted by atomic mass is 10.2. The molecule has 148 valence electrons. The van der Waals surface area contributed by atoms with Gasteiger partial charge in [0.2, 0.25) is 11.7 Å². The number of carbonyl (C=O) groups is 2. The highest BCUT2D eigenvalue weighted by atomic mass is 16.5. The second-order valence-electron chi connectivity index (χ2n) is 6.19. The monoisotopic (exact) mass is 385 g/mol. The molecule has 0 atom stereocenters. The third-order valence-corrected chi connectivity index (χ3v) is 4.41. The minimum absolute atomic E-state index is 0.0963. The fourth-order valence-corrected chi connectivity index (χ4v) is 3.12. The molecule has 1 heterocycles. The van der Waals surface area contributed by atoms with Crippen LogP contribution in [0.3, 0.4) is 0 Å². The summed E-state index contributed by atoms with van der Waals surface area (Å²) >= 11 is 0. The van der Waals surface area contributed by atoms with Crippen molar-refractivity contribution in [1.29, 1.82) is 0 Å². The molecule has 28 heavy (non-hydrogen) atoms. The summed E-state index contributed by atoms with van der Waals surface area (Å²) in [5, 5.41) is 5.51. The minimum atomic E-state index is -0.431. The van der Waals surface area contributed by atoms with Crippen molar-refractivity contribution in [1.82, 2.24) is 0 Å². The van der Waals surface area contributed by atoms with Gasteiger partial charge in [0.25, 0.3) is 0 Å². The Hall–Kier alpha value is -3.42. The van der Waals surface area contributed by atoms with Crippen molar-refractivity contribution in [3.05, 3.63) is 36.4 Å². The average molecular weight is 385 g/mol. The number of benzene rings is 2. The number of ether oxygens (including phenoxy) is 3. The molecule has 0 aliphatic carbocycles. The van der Waals surface area contributed by atoms with Crippen molar-refractivity contribution in [2.24, 2.45) is 0 Å². The Morgan fingerprint density at radius 3 is 2.21 bits per heavy atom. The number of urea groups is 1.